The zero-order valence-electron chi connectivity index (χ0n) is 7.81. The molecule has 0 saturated carbocycles. The molecule has 1 aromatic carbocycles. The number of nitrogens with two attached hydrogens (primary N) is 1. The Morgan fingerprint density at radius 1 is 1.33 bits per heavy atom. The normalized spacial score (nSPS) is 10.5. The van der Waals surface area contributed by atoms with Gasteiger partial charge in [0.2, 0.25) is 0 Å². The van der Waals surface area contributed by atoms with Gasteiger partial charge in [-0.1, -0.05) is 23.7 Å². The van der Waals surface area contributed by atoms with Gasteiger partial charge in [0, 0.05) is 16.0 Å². The quantitative estimate of drug-likeness (QED) is 0.840. The summed E-state index contributed by atoms with van der Waals surface area (Å²) in [5.74, 6) is 4.98. The first-order valence-corrected chi connectivity index (χ1v) is 5.57. The third-order valence-corrected chi connectivity index (χ3v) is 3.07. The number of rotatable bonds is 3. The van der Waals surface area contributed by atoms with Gasteiger partial charge in [0.1, 0.15) is 11.6 Å². The summed E-state index contributed by atoms with van der Waals surface area (Å²) in [6, 6.07) is 7.57. The van der Waals surface area contributed by atoms with Gasteiger partial charge in [0.05, 0.1) is 5.69 Å². The molecule has 0 amide bonds. The summed E-state index contributed by atoms with van der Waals surface area (Å²) in [6.45, 7) is 0.337. The maximum atomic E-state index is 5.80. The van der Waals surface area contributed by atoms with E-state index in [1.165, 1.54) is 0 Å². The van der Waals surface area contributed by atoms with E-state index >= 15 is 0 Å². The molecule has 1 aromatic heterocycles. The fourth-order valence-corrected chi connectivity index (χ4v) is 2.12. The lowest BCUT2D eigenvalue weighted by molar-refractivity contribution is 0.122. The Bertz CT molecular complexity index is 441. The summed E-state index contributed by atoms with van der Waals surface area (Å²) in [6.07, 6.45) is 0. The molecule has 0 aliphatic carbocycles. The predicted octanol–water partition coefficient (Wildman–Crippen LogP) is 2.85. The molecule has 0 aliphatic heterocycles. The Balaban J connectivity index is 2.25. The van der Waals surface area contributed by atoms with Crippen molar-refractivity contribution in [3.63, 3.8) is 0 Å². The molecule has 0 fully saturated rings. The molecule has 5 heteroatoms. The highest BCUT2D eigenvalue weighted by atomic mass is 35.5. The molecule has 0 bridgehead atoms. The summed E-state index contributed by atoms with van der Waals surface area (Å²) in [4.78, 5) is 8.89. The molecular formula is C10H9ClN2OS. The van der Waals surface area contributed by atoms with Crippen LogP contribution in [0.2, 0.25) is 5.02 Å². The zero-order chi connectivity index (χ0) is 10.7. The Hall–Kier alpha value is -0.940. The van der Waals surface area contributed by atoms with Crippen molar-refractivity contribution in [1.82, 2.24) is 4.98 Å². The van der Waals surface area contributed by atoms with Crippen LogP contribution in [-0.2, 0) is 11.4 Å². The van der Waals surface area contributed by atoms with Crippen molar-refractivity contribution < 1.29 is 4.84 Å². The minimum atomic E-state index is 0.337. The molecule has 0 aliphatic rings. The lowest BCUT2D eigenvalue weighted by Gasteiger charge is -1.95. The van der Waals surface area contributed by atoms with E-state index in [9.17, 15) is 0 Å². The SMILES string of the molecule is NOCc1csc(-c2ccc(Cl)cc2)n1. The minimum Gasteiger partial charge on any atom is -0.298 e. The van der Waals surface area contributed by atoms with Gasteiger partial charge in [0.15, 0.2) is 0 Å². The van der Waals surface area contributed by atoms with Crippen LogP contribution in [0.4, 0.5) is 0 Å². The average Bonchev–Trinajstić information content (AvgIpc) is 2.68. The van der Waals surface area contributed by atoms with E-state index in [0.29, 0.717) is 6.61 Å². The Labute approximate surface area is 96.4 Å². The van der Waals surface area contributed by atoms with Crippen LogP contribution in [0.1, 0.15) is 5.69 Å². The Kier molecular flexibility index (Phi) is 3.33. The number of aromatic nitrogens is 1. The first-order chi connectivity index (χ1) is 7.29. The molecule has 0 spiro atoms. The van der Waals surface area contributed by atoms with Crippen LogP contribution in [0, 0.1) is 0 Å². The van der Waals surface area contributed by atoms with Crippen molar-refractivity contribution in [3.05, 3.63) is 40.4 Å². The van der Waals surface area contributed by atoms with E-state index < -0.39 is 0 Å². The van der Waals surface area contributed by atoms with E-state index in [0.717, 1.165) is 21.3 Å². The largest absolute Gasteiger partial charge is 0.298 e. The van der Waals surface area contributed by atoms with Crippen LogP contribution < -0.4 is 5.90 Å². The van der Waals surface area contributed by atoms with Crippen molar-refractivity contribution in [2.24, 2.45) is 5.90 Å². The molecule has 0 atom stereocenters. The van der Waals surface area contributed by atoms with Gasteiger partial charge >= 0.3 is 0 Å². The highest BCUT2D eigenvalue weighted by molar-refractivity contribution is 7.13. The van der Waals surface area contributed by atoms with Crippen LogP contribution in [0.5, 0.6) is 0 Å². The predicted molar refractivity (Wildman–Crippen MR) is 61.5 cm³/mol. The van der Waals surface area contributed by atoms with Gasteiger partial charge in [-0.2, -0.15) is 0 Å². The van der Waals surface area contributed by atoms with Gasteiger partial charge in [-0.25, -0.2) is 10.9 Å². The Morgan fingerprint density at radius 2 is 2.07 bits per heavy atom. The number of hydrogen-bond acceptors (Lipinski definition) is 4. The number of hydrogen-bond donors (Lipinski definition) is 1. The molecule has 2 aromatic rings. The molecule has 2 rings (SSSR count). The lowest BCUT2D eigenvalue weighted by atomic mass is 10.2. The van der Waals surface area contributed by atoms with Crippen LogP contribution in [0.3, 0.4) is 0 Å². The topological polar surface area (TPSA) is 48.1 Å². The molecule has 2 N–H and O–H groups in total. The standard InChI is InChI=1S/C10H9ClN2OS/c11-8-3-1-7(2-4-8)10-13-9(5-14-12)6-15-10/h1-4,6H,5,12H2. The second-order valence-electron chi connectivity index (χ2n) is 2.96. The van der Waals surface area contributed by atoms with Crippen molar-refractivity contribution in [1.29, 1.82) is 0 Å². The molecule has 78 valence electrons. The van der Waals surface area contributed by atoms with Crippen molar-refractivity contribution in [2.45, 2.75) is 6.61 Å². The van der Waals surface area contributed by atoms with Gasteiger partial charge in [-0.3, -0.25) is 4.84 Å². The van der Waals surface area contributed by atoms with Crippen molar-refractivity contribution in [3.8, 4) is 10.6 Å². The van der Waals surface area contributed by atoms with Crippen LogP contribution in [0.15, 0.2) is 29.6 Å². The van der Waals surface area contributed by atoms with Crippen molar-refractivity contribution in [2.75, 3.05) is 0 Å². The molecule has 0 saturated heterocycles. The zero-order valence-corrected chi connectivity index (χ0v) is 9.39. The van der Waals surface area contributed by atoms with Gasteiger partial charge in [-0.05, 0) is 12.1 Å². The van der Waals surface area contributed by atoms with Crippen LogP contribution in [-0.4, -0.2) is 4.98 Å². The van der Waals surface area contributed by atoms with Crippen LogP contribution in [0.25, 0.3) is 10.6 Å². The lowest BCUT2D eigenvalue weighted by Crippen LogP contribution is -1.98. The summed E-state index contributed by atoms with van der Waals surface area (Å²) in [5, 5.41) is 3.59. The molecular weight excluding hydrogens is 232 g/mol. The van der Waals surface area contributed by atoms with Crippen molar-refractivity contribution >= 4 is 22.9 Å². The second-order valence-corrected chi connectivity index (χ2v) is 4.26. The van der Waals surface area contributed by atoms with Gasteiger partial charge in [-0.15, -0.1) is 11.3 Å². The Morgan fingerprint density at radius 3 is 2.73 bits per heavy atom. The van der Waals surface area contributed by atoms with E-state index in [4.69, 9.17) is 17.5 Å². The summed E-state index contributed by atoms with van der Waals surface area (Å²) in [5.41, 5.74) is 1.89. The highest BCUT2D eigenvalue weighted by Crippen LogP contribution is 2.25. The van der Waals surface area contributed by atoms with E-state index in [1.54, 1.807) is 11.3 Å². The van der Waals surface area contributed by atoms with E-state index in [-0.39, 0.29) is 0 Å². The fourth-order valence-electron chi connectivity index (χ4n) is 1.18. The van der Waals surface area contributed by atoms with Crippen LogP contribution >= 0.6 is 22.9 Å². The monoisotopic (exact) mass is 240 g/mol. The van der Waals surface area contributed by atoms with Gasteiger partial charge in [0.25, 0.3) is 0 Å². The van der Waals surface area contributed by atoms with E-state index in [1.807, 2.05) is 29.6 Å². The van der Waals surface area contributed by atoms with E-state index in [2.05, 4.69) is 9.82 Å². The molecule has 0 radical (unpaired) electrons. The third-order valence-electron chi connectivity index (χ3n) is 1.87. The molecule has 1 heterocycles. The molecule has 0 unspecified atom stereocenters. The summed E-state index contributed by atoms with van der Waals surface area (Å²) >= 11 is 7.36. The molecule has 3 nitrogen and oxygen atoms in total. The maximum Gasteiger partial charge on any atom is 0.123 e. The maximum absolute atomic E-state index is 5.80. The summed E-state index contributed by atoms with van der Waals surface area (Å²) < 4.78 is 0. The number of nitrogens with zero attached hydrogens (tertiary/aromatic N) is 1. The smallest absolute Gasteiger partial charge is 0.123 e. The first kappa shape index (κ1) is 10.6. The average molecular weight is 241 g/mol. The second kappa shape index (κ2) is 4.72. The minimum absolute atomic E-state index is 0.337. The number of benzene rings is 1. The number of thiazole rings is 1. The number of halogens is 1. The molecule has 15 heavy (non-hydrogen) atoms. The third kappa shape index (κ3) is 2.54. The van der Waals surface area contributed by atoms with Gasteiger partial charge < -0.3 is 0 Å². The fraction of sp³-hybridized carbons (Fsp3) is 0.100. The summed E-state index contributed by atoms with van der Waals surface area (Å²) in [7, 11) is 0. The first-order valence-electron chi connectivity index (χ1n) is 4.31. The highest BCUT2D eigenvalue weighted by Gasteiger charge is 2.04.